The van der Waals surface area contributed by atoms with Crippen molar-refractivity contribution < 1.29 is 4.79 Å². The van der Waals surface area contributed by atoms with Gasteiger partial charge in [-0.25, -0.2) is 14.8 Å². The molecule has 2 heterocycles. The van der Waals surface area contributed by atoms with Gasteiger partial charge >= 0.3 is 6.03 Å². The van der Waals surface area contributed by atoms with Crippen molar-refractivity contribution in [2.24, 2.45) is 10.6 Å². The average Bonchev–Trinajstić information content (AvgIpc) is 2.61. The molecule has 0 radical (unpaired) electrons. The first-order valence-electron chi connectivity index (χ1n) is 3.53. The Morgan fingerprint density at radius 3 is 2.00 bits per heavy atom. The van der Waals surface area contributed by atoms with Crippen LogP contribution in [0.4, 0.5) is 4.79 Å². The lowest BCUT2D eigenvalue weighted by atomic mass is 10.4. The summed E-state index contributed by atoms with van der Waals surface area (Å²) < 4.78 is 0. The molecular formula is C4H6N6O3. The molecule has 0 aliphatic carbocycles. The van der Waals surface area contributed by atoms with Gasteiger partial charge in [0.2, 0.25) is 0 Å². The molecule has 9 heteroatoms. The Bertz CT molecular complexity index is 245. The highest BCUT2D eigenvalue weighted by Crippen LogP contribution is 2.20. The minimum absolute atomic E-state index is 0.0182. The van der Waals surface area contributed by atoms with E-state index in [0.717, 1.165) is 10.0 Å². The molecule has 0 spiro atoms. The van der Waals surface area contributed by atoms with Gasteiger partial charge < -0.3 is 10.6 Å². The van der Waals surface area contributed by atoms with Gasteiger partial charge in [0.25, 0.3) is 0 Å². The standard InChI is InChI=1S/C4H6N6O3/c11-4-5-2-3(6-4)10(8-13)1-9(2)7-12/h2-3H,1H2,(H2,5,6,11)/t2-,3-/m1/s1. The lowest BCUT2D eigenvalue weighted by molar-refractivity contribution is 0.195. The molecule has 2 atom stereocenters. The summed E-state index contributed by atoms with van der Waals surface area (Å²) in [6.45, 7) is -0.0182. The number of nitroso groups, excluding NO2 is 2. The molecule has 2 N–H and O–H groups in total. The highest BCUT2D eigenvalue weighted by Gasteiger charge is 2.47. The van der Waals surface area contributed by atoms with E-state index in [9.17, 15) is 14.6 Å². The first-order valence-corrected chi connectivity index (χ1v) is 3.53. The smallest absolute Gasteiger partial charge is 0.313 e. The molecule has 70 valence electrons. The van der Waals surface area contributed by atoms with Crippen molar-refractivity contribution in [1.29, 1.82) is 0 Å². The molecule has 2 aliphatic heterocycles. The summed E-state index contributed by atoms with van der Waals surface area (Å²) in [4.78, 5) is 31.3. The number of amides is 2. The van der Waals surface area contributed by atoms with Gasteiger partial charge in [0.15, 0.2) is 12.3 Å². The number of carbonyl (C=O) groups is 1. The third kappa shape index (κ3) is 0.965. The zero-order chi connectivity index (χ0) is 9.42. The zero-order valence-electron chi connectivity index (χ0n) is 6.38. The Morgan fingerprint density at radius 2 is 1.62 bits per heavy atom. The number of rotatable bonds is 2. The van der Waals surface area contributed by atoms with E-state index in [1.54, 1.807) is 0 Å². The molecule has 0 aromatic heterocycles. The van der Waals surface area contributed by atoms with E-state index in [1.807, 2.05) is 0 Å². The Balaban J connectivity index is 2.20. The predicted molar refractivity (Wildman–Crippen MR) is 39.4 cm³/mol. The van der Waals surface area contributed by atoms with Crippen LogP contribution in [0, 0.1) is 9.81 Å². The van der Waals surface area contributed by atoms with Crippen molar-refractivity contribution in [2.75, 3.05) is 6.67 Å². The summed E-state index contributed by atoms with van der Waals surface area (Å²) in [5.74, 6) is 0. The topological polar surface area (TPSA) is 106 Å². The van der Waals surface area contributed by atoms with Gasteiger partial charge in [0.1, 0.15) is 6.67 Å². The molecule has 0 bridgehead atoms. The first-order chi connectivity index (χ1) is 6.26. The minimum Gasteiger partial charge on any atom is -0.313 e. The fourth-order valence-electron chi connectivity index (χ4n) is 1.42. The van der Waals surface area contributed by atoms with Crippen molar-refractivity contribution in [2.45, 2.75) is 12.3 Å². The molecule has 0 unspecified atom stereocenters. The third-order valence-corrected chi connectivity index (χ3v) is 2.00. The summed E-state index contributed by atoms with van der Waals surface area (Å²) in [6, 6.07) is -0.447. The maximum Gasteiger partial charge on any atom is 0.318 e. The summed E-state index contributed by atoms with van der Waals surface area (Å²) in [5.41, 5.74) is 0. The summed E-state index contributed by atoms with van der Waals surface area (Å²) in [5, 5.41) is 12.2. The van der Waals surface area contributed by atoms with Crippen molar-refractivity contribution in [3.63, 3.8) is 0 Å². The molecule has 2 aliphatic rings. The molecule has 9 nitrogen and oxygen atoms in total. The van der Waals surface area contributed by atoms with E-state index in [2.05, 4.69) is 21.2 Å². The number of carbonyl (C=O) groups excluding carboxylic acids is 1. The third-order valence-electron chi connectivity index (χ3n) is 2.00. The Kier molecular flexibility index (Phi) is 1.50. The predicted octanol–water partition coefficient (Wildman–Crippen LogP) is -1.11. The first kappa shape index (κ1) is 7.71. The maximum absolute atomic E-state index is 10.8. The lowest BCUT2D eigenvalue weighted by Crippen LogP contribution is -2.40. The van der Waals surface area contributed by atoms with E-state index >= 15 is 0 Å². The van der Waals surface area contributed by atoms with Crippen LogP contribution in [0.3, 0.4) is 0 Å². The van der Waals surface area contributed by atoms with Crippen molar-refractivity contribution in [1.82, 2.24) is 20.7 Å². The summed E-state index contributed by atoms with van der Waals surface area (Å²) in [6.07, 6.45) is -1.22. The second-order valence-electron chi connectivity index (χ2n) is 2.69. The second kappa shape index (κ2) is 2.54. The number of nitrogens with zero attached hydrogens (tertiary/aromatic N) is 4. The van der Waals surface area contributed by atoms with Crippen LogP contribution in [0.25, 0.3) is 0 Å². The van der Waals surface area contributed by atoms with Gasteiger partial charge in [-0.05, 0) is 0 Å². The summed E-state index contributed by atoms with van der Waals surface area (Å²) >= 11 is 0. The SMILES string of the molecule is O=NN1CN(N=O)[C@H]2NC(=O)N[C@@H]21. The Morgan fingerprint density at radius 1 is 1.15 bits per heavy atom. The van der Waals surface area contributed by atoms with E-state index < -0.39 is 18.4 Å². The highest BCUT2D eigenvalue weighted by molar-refractivity contribution is 5.77. The van der Waals surface area contributed by atoms with E-state index in [0.29, 0.717) is 0 Å². The van der Waals surface area contributed by atoms with Gasteiger partial charge in [0.05, 0.1) is 10.6 Å². The Hall–Kier alpha value is -1.93. The van der Waals surface area contributed by atoms with E-state index in [-0.39, 0.29) is 6.67 Å². The van der Waals surface area contributed by atoms with Gasteiger partial charge in [-0.1, -0.05) is 0 Å². The number of urea groups is 1. The average molecular weight is 186 g/mol. The van der Waals surface area contributed by atoms with Gasteiger partial charge in [-0.2, -0.15) is 0 Å². The molecule has 0 saturated carbocycles. The number of hydrogen-bond donors (Lipinski definition) is 2. The van der Waals surface area contributed by atoms with Gasteiger partial charge in [0, 0.05) is 0 Å². The molecule has 2 saturated heterocycles. The van der Waals surface area contributed by atoms with Crippen molar-refractivity contribution in [3.8, 4) is 0 Å². The fraction of sp³-hybridized carbons (Fsp3) is 0.750. The van der Waals surface area contributed by atoms with Crippen molar-refractivity contribution >= 4 is 6.03 Å². The van der Waals surface area contributed by atoms with E-state index in [1.165, 1.54) is 0 Å². The molecule has 0 aromatic rings. The summed E-state index contributed by atoms with van der Waals surface area (Å²) in [7, 11) is 0. The van der Waals surface area contributed by atoms with Crippen LogP contribution >= 0.6 is 0 Å². The van der Waals surface area contributed by atoms with Crippen LogP contribution in [0.2, 0.25) is 0 Å². The largest absolute Gasteiger partial charge is 0.318 e. The molecule has 2 amide bonds. The molecule has 13 heavy (non-hydrogen) atoms. The zero-order valence-corrected chi connectivity index (χ0v) is 6.38. The van der Waals surface area contributed by atoms with Crippen LogP contribution in [0.1, 0.15) is 0 Å². The Labute approximate surface area is 71.9 Å². The van der Waals surface area contributed by atoms with Crippen LogP contribution in [-0.2, 0) is 0 Å². The van der Waals surface area contributed by atoms with Crippen LogP contribution in [0.5, 0.6) is 0 Å². The molecule has 2 rings (SSSR count). The maximum atomic E-state index is 10.8. The normalized spacial score (nSPS) is 30.9. The lowest BCUT2D eigenvalue weighted by Gasteiger charge is -2.11. The second-order valence-corrected chi connectivity index (χ2v) is 2.69. The fourth-order valence-corrected chi connectivity index (χ4v) is 1.42. The molecule has 0 aromatic carbocycles. The quantitative estimate of drug-likeness (QED) is 0.532. The minimum atomic E-state index is -0.609. The van der Waals surface area contributed by atoms with Crippen molar-refractivity contribution in [3.05, 3.63) is 9.81 Å². The van der Waals surface area contributed by atoms with Crippen LogP contribution in [-0.4, -0.2) is 35.0 Å². The van der Waals surface area contributed by atoms with Gasteiger partial charge in [-0.15, -0.1) is 9.81 Å². The van der Waals surface area contributed by atoms with Crippen LogP contribution in [0.15, 0.2) is 10.6 Å². The monoisotopic (exact) mass is 186 g/mol. The van der Waals surface area contributed by atoms with Gasteiger partial charge in [-0.3, -0.25) is 0 Å². The van der Waals surface area contributed by atoms with E-state index in [4.69, 9.17) is 0 Å². The highest BCUT2D eigenvalue weighted by atomic mass is 16.3. The number of hydrogen-bond acceptors (Lipinski definition) is 5. The number of nitrogens with one attached hydrogen (secondary N) is 2. The molecule has 2 fully saturated rings. The molecular weight excluding hydrogens is 180 g/mol. The van der Waals surface area contributed by atoms with Crippen LogP contribution < -0.4 is 10.6 Å². The number of fused-ring (bicyclic) bond motifs is 1.